The van der Waals surface area contributed by atoms with E-state index in [0.717, 1.165) is 6.20 Å². The van der Waals surface area contributed by atoms with Crippen LogP contribution in [0, 0.1) is 5.82 Å². The van der Waals surface area contributed by atoms with Crippen LogP contribution in [-0.4, -0.2) is 14.8 Å². The molecule has 0 saturated carbocycles. The van der Waals surface area contributed by atoms with E-state index in [0.29, 0.717) is 11.5 Å². The molecule has 2 rings (SSSR count). The highest BCUT2D eigenvalue weighted by Crippen LogP contribution is 2.11. The van der Waals surface area contributed by atoms with Crippen molar-refractivity contribution in [2.45, 2.75) is 0 Å². The Labute approximate surface area is 73.8 Å². The fourth-order valence-electron chi connectivity index (χ4n) is 1.02. The Morgan fingerprint density at radius 2 is 2.31 bits per heavy atom. The van der Waals surface area contributed by atoms with Gasteiger partial charge < -0.3 is 5.73 Å². The molecule has 2 aromatic rings. The van der Waals surface area contributed by atoms with Crippen LogP contribution in [0.25, 0.3) is 5.82 Å². The monoisotopic (exact) mass is 178 g/mol. The molecule has 0 fully saturated rings. The summed E-state index contributed by atoms with van der Waals surface area (Å²) < 4.78 is 13.9. The number of nitrogens with two attached hydrogens (primary N) is 1. The van der Waals surface area contributed by atoms with E-state index in [2.05, 4.69) is 10.1 Å². The van der Waals surface area contributed by atoms with Gasteiger partial charge in [0, 0.05) is 6.20 Å². The van der Waals surface area contributed by atoms with Crippen molar-refractivity contribution in [3.63, 3.8) is 0 Å². The summed E-state index contributed by atoms with van der Waals surface area (Å²) in [5.74, 6) is 0.0245. The number of halogens is 1. The minimum Gasteiger partial charge on any atom is -0.396 e. The SMILES string of the molecule is Nc1cccnc1-n1cc(F)cn1. The Balaban J connectivity index is 2.52. The lowest BCUT2D eigenvalue weighted by Crippen LogP contribution is -2.02. The van der Waals surface area contributed by atoms with Crippen molar-refractivity contribution in [2.75, 3.05) is 5.73 Å². The van der Waals surface area contributed by atoms with Crippen molar-refractivity contribution in [3.05, 3.63) is 36.5 Å². The number of rotatable bonds is 1. The first-order valence-electron chi connectivity index (χ1n) is 3.68. The lowest BCUT2D eigenvalue weighted by atomic mass is 10.4. The van der Waals surface area contributed by atoms with Gasteiger partial charge in [0.1, 0.15) is 0 Å². The van der Waals surface area contributed by atoms with E-state index >= 15 is 0 Å². The van der Waals surface area contributed by atoms with Gasteiger partial charge in [-0.05, 0) is 12.1 Å². The van der Waals surface area contributed by atoms with Crippen molar-refractivity contribution in [2.24, 2.45) is 0 Å². The molecular formula is C8H7FN4. The molecule has 13 heavy (non-hydrogen) atoms. The molecule has 0 aromatic carbocycles. The van der Waals surface area contributed by atoms with Crippen molar-refractivity contribution in [3.8, 4) is 5.82 Å². The molecular weight excluding hydrogens is 171 g/mol. The summed E-state index contributed by atoms with van der Waals surface area (Å²) in [6.07, 6.45) is 3.90. The third kappa shape index (κ3) is 1.35. The van der Waals surface area contributed by atoms with Crippen LogP contribution in [0.2, 0.25) is 0 Å². The van der Waals surface area contributed by atoms with Crippen LogP contribution in [-0.2, 0) is 0 Å². The first-order chi connectivity index (χ1) is 6.27. The van der Waals surface area contributed by atoms with Crippen LogP contribution >= 0.6 is 0 Å². The van der Waals surface area contributed by atoms with Gasteiger partial charge in [0.2, 0.25) is 0 Å². The van der Waals surface area contributed by atoms with E-state index in [9.17, 15) is 4.39 Å². The number of anilines is 1. The molecule has 5 heteroatoms. The van der Waals surface area contributed by atoms with Gasteiger partial charge in [-0.2, -0.15) is 5.10 Å². The second-order valence-electron chi connectivity index (χ2n) is 2.52. The number of nitrogen functional groups attached to an aromatic ring is 1. The van der Waals surface area contributed by atoms with E-state index in [1.54, 1.807) is 18.3 Å². The van der Waals surface area contributed by atoms with Crippen molar-refractivity contribution < 1.29 is 4.39 Å². The smallest absolute Gasteiger partial charge is 0.176 e. The average molecular weight is 178 g/mol. The maximum Gasteiger partial charge on any atom is 0.176 e. The molecule has 2 aromatic heterocycles. The number of aromatic nitrogens is 3. The van der Waals surface area contributed by atoms with Crippen LogP contribution in [0.1, 0.15) is 0 Å². The van der Waals surface area contributed by atoms with Gasteiger partial charge in [-0.1, -0.05) is 0 Å². The summed E-state index contributed by atoms with van der Waals surface area (Å²) in [7, 11) is 0. The van der Waals surface area contributed by atoms with Crippen molar-refractivity contribution >= 4 is 5.69 Å². The number of hydrogen-bond acceptors (Lipinski definition) is 3. The molecule has 0 atom stereocenters. The Kier molecular flexibility index (Phi) is 1.70. The Morgan fingerprint density at radius 3 is 2.92 bits per heavy atom. The zero-order valence-electron chi connectivity index (χ0n) is 6.68. The predicted octanol–water partition coefficient (Wildman–Crippen LogP) is 0.989. The molecule has 2 heterocycles. The Morgan fingerprint density at radius 1 is 1.46 bits per heavy atom. The van der Waals surface area contributed by atoms with E-state index in [4.69, 9.17) is 5.73 Å². The first-order valence-corrected chi connectivity index (χ1v) is 3.68. The van der Waals surface area contributed by atoms with E-state index in [1.165, 1.54) is 10.9 Å². The van der Waals surface area contributed by atoms with Crippen LogP contribution in [0.5, 0.6) is 0 Å². The minimum absolute atomic E-state index is 0.412. The highest BCUT2D eigenvalue weighted by atomic mass is 19.1. The normalized spacial score (nSPS) is 10.2. The van der Waals surface area contributed by atoms with Gasteiger partial charge >= 0.3 is 0 Å². The third-order valence-corrected chi connectivity index (χ3v) is 1.58. The average Bonchev–Trinajstić information content (AvgIpc) is 2.53. The standard InChI is InChI=1S/C8H7FN4/c9-6-4-12-13(5-6)8-7(10)2-1-3-11-8/h1-5H,10H2. The zero-order chi connectivity index (χ0) is 9.26. The number of hydrogen-bond donors (Lipinski definition) is 1. The summed E-state index contributed by atoms with van der Waals surface area (Å²) in [5.41, 5.74) is 6.08. The second kappa shape index (κ2) is 2.85. The molecule has 0 aliphatic carbocycles. The molecule has 0 radical (unpaired) electrons. The summed E-state index contributed by atoms with van der Waals surface area (Å²) in [4.78, 5) is 3.97. The molecule has 2 N–H and O–H groups in total. The van der Waals surface area contributed by atoms with Gasteiger partial charge in [0.25, 0.3) is 0 Å². The van der Waals surface area contributed by atoms with Crippen LogP contribution in [0.3, 0.4) is 0 Å². The molecule has 66 valence electrons. The van der Waals surface area contributed by atoms with Gasteiger partial charge in [-0.15, -0.1) is 0 Å². The maximum absolute atomic E-state index is 12.6. The first kappa shape index (κ1) is 7.72. The molecule has 0 bridgehead atoms. The number of nitrogens with zero attached hydrogens (tertiary/aromatic N) is 3. The largest absolute Gasteiger partial charge is 0.396 e. The minimum atomic E-state index is -0.412. The highest BCUT2D eigenvalue weighted by Gasteiger charge is 2.03. The van der Waals surface area contributed by atoms with E-state index in [1.807, 2.05) is 0 Å². The molecule has 0 saturated heterocycles. The van der Waals surface area contributed by atoms with Crippen LogP contribution in [0.4, 0.5) is 10.1 Å². The quantitative estimate of drug-likeness (QED) is 0.708. The van der Waals surface area contributed by atoms with Gasteiger partial charge in [-0.3, -0.25) is 0 Å². The van der Waals surface area contributed by atoms with Gasteiger partial charge in [-0.25, -0.2) is 14.1 Å². The maximum atomic E-state index is 12.6. The lowest BCUT2D eigenvalue weighted by molar-refractivity contribution is 0.627. The summed E-state index contributed by atoms with van der Waals surface area (Å²) in [5, 5.41) is 3.75. The molecule has 0 amide bonds. The predicted molar refractivity (Wildman–Crippen MR) is 45.7 cm³/mol. The topological polar surface area (TPSA) is 56.7 Å². The molecule has 0 aliphatic heterocycles. The number of pyridine rings is 1. The highest BCUT2D eigenvalue weighted by molar-refractivity contribution is 5.51. The molecule has 0 aliphatic rings. The van der Waals surface area contributed by atoms with Crippen LogP contribution in [0.15, 0.2) is 30.7 Å². The van der Waals surface area contributed by atoms with E-state index in [-0.39, 0.29) is 0 Å². The third-order valence-electron chi connectivity index (χ3n) is 1.58. The fourth-order valence-corrected chi connectivity index (χ4v) is 1.02. The molecule has 0 unspecified atom stereocenters. The van der Waals surface area contributed by atoms with Gasteiger partial charge in [0.15, 0.2) is 11.6 Å². The zero-order valence-corrected chi connectivity index (χ0v) is 6.68. The second-order valence-corrected chi connectivity index (χ2v) is 2.52. The fraction of sp³-hybridized carbons (Fsp3) is 0. The van der Waals surface area contributed by atoms with Gasteiger partial charge in [0.05, 0.1) is 18.1 Å². The summed E-state index contributed by atoms with van der Waals surface area (Å²) >= 11 is 0. The molecule has 0 spiro atoms. The van der Waals surface area contributed by atoms with Crippen LogP contribution < -0.4 is 5.73 Å². The van der Waals surface area contributed by atoms with Crippen molar-refractivity contribution in [1.29, 1.82) is 0 Å². The Bertz CT molecular complexity index is 424. The van der Waals surface area contributed by atoms with E-state index < -0.39 is 5.82 Å². The Hall–Kier alpha value is -1.91. The lowest BCUT2D eigenvalue weighted by Gasteiger charge is -2.01. The van der Waals surface area contributed by atoms with Crippen molar-refractivity contribution in [1.82, 2.24) is 14.8 Å². The summed E-state index contributed by atoms with van der Waals surface area (Å²) in [6.45, 7) is 0. The molecule has 4 nitrogen and oxygen atoms in total. The summed E-state index contributed by atoms with van der Waals surface area (Å²) in [6, 6.07) is 3.39.